The minimum absolute atomic E-state index is 0.705. The molecule has 2 aliphatic heterocycles. The van der Waals surface area contributed by atoms with Crippen molar-refractivity contribution in [2.75, 3.05) is 13.1 Å². The van der Waals surface area contributed by atoms with Gasteiger partial charge in [0.25, 0.3) is 0 Å². The summed E-state index contributed by atoms with van der Waals surface area (Å²) in [6.45, 7) is 4.95. The van der Waals surface area contributed by atoms with Gasteiger partial charge >= 0.3 is 0 Å². The highest BCUT2D eigenvalue weighted by Gasteiger charge is 2.25. The summed E-state index contributed by atoms with van der Waals surface area (Å²) in [6.07, 6.45) is 7.66. The van der Waals surface area contributed by atoms with Crippen LogP contribution >= 0.6 is 0 Å². The van der Waals surface area contributed by atoms with E-state index in [-0.39, 0.29) is 0 Å². The molecule has 2 heteroatoms. The summed E-state index contributed by atoms with van der Waals surface area (Å²) < 4.78 is 0. The SMILES string of the molecule is C[C@H]1CCN2CCCCCC2N1. The van der Waals surface area contributed by atoms with Crippen molar-refractivity contribution in [1.29, 1.82) is 0 Å². The van der Waals surface area contributed by atoms with Gasteiger partial charge in [-0.05, 0) is 32.7 Å². The molecular weight excluding hydrogens is 148 g/mol. The molecule has 0 saturated carbocycles. The average Bonchev–Trinajstić information content (AvgIpc) is 2.28. The number of rotatable bonds is 0. The van der Waals surface area contributed by atoms with Crippen LogP contribution in [0.1, 0.15) is 39.0 Å². The van der Waals surface area contributed by atoms with Crippen LogP contribution in [0.2, 0.25) is 0 Å². The molecule has 0 aromatic heterocycles. The van der Waals surface area contributed by atoms with Crippen molar-refractivity contribution in [2.24, 2.45) is 0 Å². The Morgan fingerprint density at radius 3 is 2.92 bits per heavy atom. The van der Waals surface area contributed by atoms with Crippen LogP contribution in [-0.2, 0) is 0 Å². The summed E-state index contributed by atoms with van der Waals surface area (Å²) in [5.74, 6) is 0. The lowest BCUT2D eigenvalue weighted by molar-refractivity contribution is 0.110. The van der Waals surface area contributed by atoms with E-state index in [9.17, 15) is 0 Å². The summed E-state index contributed by atoms with van der Waals surface area (Å²) in [6, 6.07) is 0.740. The van der Waals surface area contributed by atoms with E-state index in [4.69, 9.17) is 0 Å². The molecule has 2 nitrogen and oxygen atoms in total. The van der Waals surface area contributed by atoms with Crippen molar-refractivity contribution in [1.82, 2.24) is 10.2 Å². The lowest BCUT2D eigenvalue weighted by Crippen LogP contribution is -2.54. The monoisotopic (exact) mass is 168 g/mol. The third kappa shape index (κ3) is 1.80. The minimum Gasteiger partial charge on any atom is -0.299 e. The van der Waals surface area contributed by atoms with E-state index in [1.807, 2.05) is 0 Å². The summed E-state index contributed by atoms with van der Waals surface area (Å²) in [7, 11) is 0. The number of hydrogen-bond donors (Lipinski definition) is 1. The fraction of sp³-hybridized carbons (Fsp3) is 1.00. The molecule has 2 fully saturated rings. The van der Waals surface area contributed by atoms with Gasteiger partial charge in [0.2, 0.25) is 0 Å². The van der Waals surface area contributed by atoms with Gasteiger partial charge in [0.15, 0.2) is 0 Å². The van der Waals surface area contributed by atoms with E-state index >= 15 is 0 Å². The molecule has 0 radical (unpaired) electrons. The second-order valence-electron chi connectivity index (χ2n) is 4.26. The van der Waals surface area contributed by atoms with Gasteiger partial charge in [-0.25, -0.2) is 0 Å². The Morgan fingerprint density at radius 1 is 1.08 bits per heavy atom. The van der Waals surface area contributed by atoms with Crippen molar-refractivity contribution in [2.45, 2.75) is 51.2 Å². The van der Waals surface area contributed by atoms with E-state index in [1.165, 1.54) is 45.2 Å². The second-order valence-corrected chi connectivity index (χ2v) is 4.26. The zero-order valence-electron chi connectivity index (χ0n) is 8.05. The topological polar surface area (TPSA) is 15.3 Å². The fourth-order valence-electron chi connectivity index (χ4n) is 2.40. The van der Waals surface area contributed by atoms with Crippen LogP contribution in [0, 0.1) is 0 Å². The van der Waals surface area contributed by atoms with Crippen LogP contribution in [0.5, 0.6) is 0 Å². The van der Waals surface area contributed by atoms with Gasteiger partial charge in [-0.15, -0.1) is 0 Å². The predicted molar refractivity (Wildman–Crippen MR) is 51.0 cm³/mol. The van der Waals surface area contributed by atoms with Crippen molar-refractivity contribution in [3.63, 3.8) is 0 Å². The molecule has 2 saturated heterocycles. The maximum atomic E-state index is 3.68. The molecule has 0 aromatic rings. The first-order valence-corrected chi connectivity index (χ1v) is 5.36. The zero-order valence-corrected chi connectivity index (χ0v) is 8.05. The molecule has 1 N–H and O–H groups in total. The molecular formula is C10H20N2. The maximum absolute atomic E-state index is 3.68. The van der Waals surface area contributed by atoms with Crippen molar-refractivity contribution < 1.29 is 0 Å². The van der Waals surface area contributed by atoms with Crippen LogP contribution in [0.3, 0.4) is 0 Å². The highest BCUT2D eigenvalue weighted by molar-refractivity contribution is 4.81. The van der Waals surface area contributed by atoms with E-state index < -0.39 is 0 Å². The van der Waals surface area contributed by atoms with Gasteiger partial charge in [-0.1, -0.05) is 12.8 Å². The number of nitrogens with zero attached hydrogens (tertiary/aromatic N) is 1. The largest absolute Gasteiger partial charge is 0.299 e. The first kappa shape index (κ1) is 8.52. The molecule has 0 spiro atoms. The molecule has 2 aliphatic rings. The fourth-order valence-corrected chi connectivity index (χ4v) is 2.40. The van der Waals surface area contributed by atoms with Crippen LogP contribution in [0.25, 0.3) is 0 Å². The van der Waals surface area contributed by atoms with Crippen molar-refractivity contribution >= 4 is 0 Å². The predicted octanol–water partition coefficient (Wildman–Crippen LogP) is 1.57. The van der Waals surface area contributed by atoms with Crippen molar-refractivity contribution in [3.05, 3.63) is 0 Å². The lowest BCUT2D eigenvalue weighted by atomic mass is 10.1. The van der Waals surface area contributed by atoms with Gasteiger partial charge < -0.3 is 0 Å². The van der Waals surface area contributed by atoms with Gasteiger partial charge in [0.1, 0.15) is 0 Å². The third-order valence-corrected chi connectivity index (χ3v) is 3.19. The Labute approximate surface area is 75.3 Å². The molecule has 0 amide bonds. The Morgan fingerprint density at radius 2 is 2.00 bits per heavy atom. The third-order valence-electron chi connectivity index (χ3n) is 3.19. The Bertz CT molecular complexity index is 147. The zero-order chi connectivity index (χ0) is 8.39. The summed E-state index contributed by atoms with van der Waals surface area (Å²) in [5, 5.41) is 3.68. The van der Waals surface area contributed by atoms with Crippen LogP contribution in [0.4, 0.5) is 0 Å². The number of hydrogen-bond acceptors (Lipinski definition) is 2. The standard InChI is InChI=1S/C10H20N2/c1-9-6-8-12-7-4-2-3-5-10(12)11-9/h9-11H,2-8H2,1H3/t9-,10?/m0/s1. The quantitative estimate of drug-likeness (QED) is 0.590. The molecule has 12 heavy (non-hydrogen) atoms. The van der Waals surface area contributed by atoms with Crippen LogP contribution in [0.15, 0.2) is 0 Å². The van der Waals surface area contributed by atoms with Gasteiger partial charge in [0, 0.05) is 12.6 Å². The molecule has 2 heterocycles. The minimum atomic E-state index is 0.705. The highest BCUT2D eigenvalue weighted by Crippen LogP contribution is 2.19. The van der Waals surface area contributed by atoms with Gasteiger partial charge in [-0.3, -0.25) is 10.2 Å². The van der Waals surface area contributed by atoms with E-state index in [1.54, 1.807) is 0 Å². The first-order valence-electron chi connectivity index (χ1n) is 5.36. The summed E-state index contributed by atoms with van der Waals surface area (Å²) in [5.41, 5.74) is 0. The smallest absolute Gasteiger partial charge is 0.0599 e. The van der Waals surface area contributed by atoms with E-state index in [0.29, 0.717) is 6.17 Å². The lowest BCUT2D eigenvalue weighted by Gasteiger charge is -2.38. The van der Waals surface area contributed by atoms with Crippen molar-refractivity contribution in [3.8, 4) is 0 Å². The summed E-state index contributed by atoms with van der Waals surface area (Å²) >= 11 is 0. The average molecular weight is 168 g/mol. The number of nitrogens with one attached hydrogen (secondary N) is 1. The highest BCUT2D eigenvalue weighted by atomic mass is 15.3. The van der Waals surface area contributed by atoms with Gasteiger partial charge in [0.05, 0.1) is 6.17 Å². The normalized spacial score (nSPS) is 38.8. The molecule has 1 unspecified atom stereocenters. The molecule has 2 rings (SSSR count). The number of fused-ring (bicyclic) bond motifs is 1. The molecule has 0 aliphatic carbocycles. The molecule has 0 bridgehead atoms. The second kappa shape index (κ2) is 3.75. The molecule has 70 valence electrons. The molecule has 2 atom stereocenters. The Kier molecular flexibility index (Phi) is 2.66. The Balaban J connectivity index is 1.94. The molecule has 0 aromatic carbocycles. The maximum Gasteiger partial charge on any atom is 0.0599 e. The first-order chi connectivity index (χ1) is 5.86. The van der Waals surface area contributed by atoms with Crippen LogP contribution < -0.4 is 5.32 Å². The Hall–Kier alpha value is -0.0800. The van der Waals surface area contributed by atoms with Gasteiger partial charge in [-0.2, -0.15) is 0 Å². The van der Waals surface area contributed by atoms with Crippen LogP contribution in [-0.4, -0.2) is 30.2 Å². The summed E-state index contributed by atoms with van der Waals surface area (Å²) in [4.78, 5) is 2.63. The van der Waals surface area contributed by atoms with E-state index in [0.717, 1.165) is 6.04 Å². The van der Waals surface area contributed by atoms with E-state index in [2.05, 4.69) is 17.1 Å².